The van der Waals surface area contributed by atoms with Crippen LogP contribution in [-0.4, -0.2) is 55.2 Å². The van der Waals surface area contributed by atoms with Crippen LogP contribution in [0.4, 0.5) is 0 Å². The molecule has 8 nitrogen and oxygen atoms in total. The lowest BCUT2D eigenvalue weighted by molar-refractivity contribution is -0.145. The second kappa shape index (κ2) is 6.79. The number of hydrogen-bond acceptors (Lipinski definition) is 5. The van der Waals surface area contributed by atoms with Gasteiger partial charge in [0.1, 0.15) is 12.6 Å². The maximum atomic E-state index is 12.3. The molecule has 1 amide bonds. The molecular weight excluding hydrogens is 286 g/mol. The van der Waals surface area contributed by atoms with Gasteiger partial charge in [-0.3, -0.25) is 9.59 Å². The Kier molecular flexibility index (Phi) is 4.82. The summed E-state index contributed by atoms with van der Waals surface area (Å²) in [5.74, 6) is -0.998. The van der Waals surface area contributed by atoms with Crippen LogP contribution in [0, 0.1) is 0 Å². The predicted molar refractivity (Wildman–Crippen MR) is 77.9 cm³/mol. The van der Waals surface area contributed by atoms with E-state index in [4.69, 9.17) is 5.11 Å². The SMILES string of the molecule is CCN(CC(=O)O)C(=O)C(C)n1nnc(-c2ccccc2)n1. The van der Waals surface area contributed by atoms with Gasteiger partial charge in [-0.1, -0.05) is 30.3 Å². The highest BCUT2D eigenvalue weighted by atomic mass is 16.4. The molecule has 0 aliphatic heterocycles. The summed E-state index contributed by atoms with van der Waals surface area (Å²) in [6.07, 6.45) is 0. The molecule has 0 aliphatic carbocycles. The Labute approximate surface area is 127 Å². The third kappa shape index (κ3) is 3.46. The molecule has 116 valence electrons. The Balaban J connectivity index is 2.16. The zero-order chi connectivity index (χ0) is 16.1. The number of rotatable bonds is 6. The minimum atomic E-state index is -1.06. The summed E-state index contributed by atoms with van der Waals surface area (Å²) < 4.78 is 0. The molecule has 0 radical (unpaired) electrons. The van der Waals surface area contributed by atoms with E-state index < -0.39 is 12.0 Å². The lowest BCUT2D eigenvalue weighted by atomic mass is 10.2. The van der Waals surface area contributed by atoms with Crippen molar-refractivity contribution >= 4 is 11.9 Å². The van der Waals surface area contributed by atoms with Crippen LogP contribution < -0.4 is 0 Å². The molecule has 1 atom stereocenters. The highest BCUT2D eigenvalue weighted by Gasteiger charge is 2.24. The van der Waals surface area contributed by atoms with Gasteiger partial charge in [-0.25, -0.2) is 0 Å². The minimum Gasteiger partial charge on any atom is -0.480 e. The zero-order valence-electron chi connectivity index (χ0n) is 12.4. The number of carbonyl (C=O) groups excluding carboxylic acids is 1. The molecule has 2 aromatic rings. The molecular formula is C14H17N5O3. The van der Waals surface area contributed by atoms with Crippen LogP contribution >= 0.6 is 0 Å². The maximum absolute atomic E-state index is 12.3. The van der Waals surface area contributed by atoms with Crippen molar-refractivity contribution in [1.82, 2.24) is 25.1 Å². The van der Waals surface area contributed by atoms with E-state index in [9.17, 15) is 9.59 Å². The minimum absolute atomic E-state index is 0.301. The Morgan fingerprint density at radius 2 is 2.00 bits per heavy atom. The normalized spacial score (nSPS) is 11.9. The van der Waals surface area contributed by atoms with Gasteiger partial charge in [0.2, 0.25) is 11.7 Å². The van der Waals surface area contributed by atoms with E-state index in [-0.39, 0.29) is 12.5 Å². The summed E-state index contributed by atoms with van der Waals surface area (Å²) >= 11 is 0. The number of carbonyl (C=O) groups is 2. The molecule has 1 unspecified atom stereocenters. The van der Waals surface area contributed by atoms with Gasteiger partial charge in [-0.05, 0) is 19.1 Å². The second-order valence-electron chi connectivity index (χ2n) is 4.72. The summed E-state index contributed by atoms with van der Waals surface area (Å²) in [5.41, 5.74) is 0.797. The van der Waals surface area contributed by atoms with E-state index in [2.05, 4.69) is 15.4 Å². The monoisotopic (exact) mass is 303 g/mol. The van der Waals surface area contributed by atoms with E-state index in [0.717, 1.165) is 5.56 Å². The van der Waals surface area contributed by atoms with E-state index in [1.807, 2.05) is 30.3 Å². The molecule has 1 aromatic carbocycles. The van der Waals surface area contributed by atoms with Gasteiger partial charge in [-0.15, -0.1) is 10.2 Å². The Hall–Kier alpha value is -2.77. The molecule has 1 aromatic heterocycles. The third-order valence-electron chi connectivity index (χ3n) is 3.18. The second-order valence-corrected chi connectivity index (χ2v) is 4.72. The van der Waals surface area contributed by atoms with Gasteiger partial charge in [0.25, 0.3) is 0 Å². The molecule has 0 bridgehead atoms. The summed E-state index contributed by atoms with van der Waals surface area (Å²) in [6, 6.07) is 8.56. The quantitative estimate of drug-likeness (QED) is 0.848. The molecule has 1 N–H and O–H groups in total. The van der Waals surface area contributed by atoms with E-state index in [1.165, 1.54) is 9.70 Å². The van der Waals surface area contributed by atoms with Gasteiger partial charge >= 0.3 is 5.97 Å². The highest BCUT2D eigenvalue weighted by Crippen LogP contribution is 2.14. The number of amides is 1. The highest BCUT2D eigenvalue weighted by molar-refractivity contribution is 5.83. The number of likely N-dealkylation sites (N-methyl/N-ethyl adjacent to an activating group) is 1. The van der Waals surface area contributed by atoms with Crippen molar-refractivity contribution in [2.45, 2.75) is 19.9 Å². The average Bonchev–Trinajstić information content (AvgIpc) is 3.01. The number of aromatic nitrogens is 4. The van der Waals surface area contributed by atoms with Gasteiger partial charge in [0, 0.05) is 12.1 Å². The summed E-state index contributed by atoms with van der Waals surface area (Å²) in [7, 11) is 0. The van der Waals surface area contributed by atoms with Crippen LogP contribution in [0.15, 0.2) is 30.3 Å². The van der Waals surface area contributed by atoms with Gasteiger partial charge < -0.3 is 10.0 Å². The Bertz CT molecular complexity index is 656. The number of aliphatic carboxylic acids is 1. The summed E-state index contributed by atoms with van der Waals surface area (Å²) in [6.45, 7) is 3.29. The summed E-state index contributed by atoms with van der Waals surface area (Å²) in [4.78, 5) is 25.5. The fourth-order valence-corrected chi connectivity index (χ4v) is 1.96. The van der Waals surface area contributed by atoms with Crippen molar-refractivity contribution in [3.8, 4) is 11.4 Å². The topological polar surface area (TPSA) is 101 Å². The molecule has 2 rings (SSSR count). The van der Waals surface area contributed by atoms with Gasteiger partial charge in [-0.2, -0.15) is 4.80 Å². The number of tetrazole rings is 1. The van der Waals surface area contributed by atoms with E-state index in [0.29, 0.717) is 12.4 Å². The van der Waals surface area contributed by atoms with Crippen LogP contribution in [0.2, 0.25) is 0 Å². The number of nitrogens with zero attached hydrogens (tertiary/aromatic N) is 5. The van der Waals surface area contributed by atoms with E-state index >= 15 is 0 Å². The standard InChI is InChI=1S/C14H17N5O3/c1-3-18(9-12(20)21)14(22)10(2)19-16-13(15-17-19)11-7-5-4-6-8-11/h4-8,10H,3,9H2,1-2H3,(H,20,21). The first-order chi connectivity index (χ1) is 10.5. The van der Waals surface area contributed by atoms with Crippen molar-refractivity contribution in [1.29, 1.82) is 0 Å². The molecule has 22 heavy (non-hydrogen) atoms. The Morgan fingerprint density at radius 3 is 2.59 bits per heavy atom. The van der Waals surface area contributed by atoms with Gasteiger partial charge in [0.15, 0.2) is 0 Å². The smallest absolute Gasteiger partial charge is 0.323 e. The molecule has 8 heteroatoms. The van der Waals surface area contributed by atoms with Crippen LogP contribution in [0.3, 0.4) is 0 Å². The van der Waals surface area contributed by atoms with Crippen molar-refractivity contribution < 1.29 is 14.7 Å². The lowest BCUT2D eigenvalue weighted by Gasteiger charge is -2.21. The van der Waals surface area contributed by atoms with Crippen molar-refractivity contribution in [3.63, 3.8) is 0 Å². The largest absolute Gasteiger partial charge is 0.480 e. The predicted octanol–water partition coefficient (Wildman–Crippen LogP) is 0.834. The molecule has 0 spiro atoms. The van der Waals surface area contributed by atoms with Crippen molar-refractivity contribution in [2.24, 2.45) is 0 Å². The number of hydrogen-bond donors (Lipinski definition) is 1. The van der Waals surface area contributed by atoms with Crippen LogP contribution in [0.5, 0.6) is 0 Å². The molecule has 0 saturated heterocycles. The Morgan fingerprint density at radius 1 is 1.32 bits per heavy atom. The number of carboxylic acid groups (broad SMARTS) is 1. The van der Waals surface area contributed by atoms with Crippen LogP contribution in [-0.2, 0) is 9.59 Å². The number of carboxylic acids is 1. The molecule has 0 fully saturated rings. The van der Waals surface area contributed by atoms with Crippen LogP contribution in [0.25, 0.3) is 11.4 Å². The van der Waals surface area contributed by atoms with Crippen LogP contribution in [0.1, 0.15) is 19.9 Å². The average molecular weight is 303 g/mol. The molecule has 1 heterocycles. The first-order valence-electron chi connectivity index (χ1n) is 6.88. The molecule has 0 saturated carbocycles. The molecule has 0 aliphatic rings. The first-order valence-corrected chi connectivity index (χ1v) is 6.88. The van der Waals surface area contributed by atoms with E-state index in [1.54, 1.807) is 13.8 Å². The van der Waals surface area contributed by atoms with Gasteiger partial charge in [0.05, 0.1) is 0 Å². The van der Waals surface area contributed by atoms with Crippen molar-refractivity contribution in [3.05, 3.63) is 30.3 Å². The summed E-state index contributed by atoms with van der Waals surface area (Å²) in [5, 5.41) is 20.8. The fraction of sp³-hybridized carbons (Fsp3) is 0.357. The lowest BCUT2D eigenvalue weighted by Crippen LogP contribution is -2.40. The van der Waals surface area contributed by atoms with Crippen molar-refractivity contribution in [2.75, 3.05) is 13.1 Å². The first kappa shape index (κ1) is 15.6. The fourth-order valence-electron chi connectivity index (χ4n) is 1.96. The maximum Gasteiger partial charge on any atom is 0.323 e. The zero-order valence-corrected chi connectivity index (χ0v) is 12.4. The third-order valence-corrected chi connectivity index (χ3v) is 3.18. The number of benzene rings is 1.